The first-order valence-electron chi connectivity index (χ1n) is 12.5. The summed E-state index contributed by atoms with van der Waals surface area (Å²) in [6.45, 7) is 0. The molecule has 208 valence electrons. The number of carbonyl (C=O) groups excluding carboxylic acids is 4. The molecular formula is C28H22BrCl3N2O6. The number of anilines is 1. The molecule has 0 spiro atoms. The Morgan fingerprint density at radius 3 is 2.35 bits per heavy atom. The minimum atomic E-state index is -1.93. The lowest BCUT2D eigenvalue weighted by Gasteiger charge is -2.50. The second kappa shape index (κ2) is 9.21. The van der Waals surface area contributed by atoms with Crippen molar-refractivity contribution < 1.29 is 29.0 Å². The molecule has 0 unspecified atom stereocenters. The van der Waals surface area contributed by atoms with Gasteiger partial charge in [0, 0.05) is 18.0 Å². The molecule has 0 radical (unpaired) electrons. The van der Waals surface area contributed by atoms with E-state index in [4.69, 9.17) is 39.5 Å². The summed E-state index contributed by atoms with van der Waals surface area (Å²) < 4.78 is 5.63. The van der Waals surface area contributed by atoms with Gasteiger partial charge in [-0.1, -0.05) is 23.3 Å². The third-order valence-electron chi connectivity index (χ3n) is 8.70. The smallest absolute Gasteiger partial charge is 0.253 e. The van der Waals surface area contributed by atoms with Crippen LogP contribution in [-0.2, 0) is 19.2 Å². The molecule has 3 fully saturated rings. The average Bonchev–Trinajstić information content (AvgIpc) is 3.25. The molecule has 6 atom stereocenters. The fourth-order valence-electron chi connectivity index (χ4n) is 6.88. The first-order chi connectivity index (χ1) is 18.9. The Bertz CT molecular complexity index is 1550. The molecule has 6 rings (SSSR count). The van der Waals surface area contributed by atoms with Gasteiger partial charge in [0.15, 0.2) is 21.2 Å². The molecular weight excluding hydrogens is 647 g/mol. The maximum Gasteiger partial charge on any atom is 0.253 e. The van der Waals surface area contributed by atoms with Crippen molar-refractivity contribution in [2.45, 2.75) is 28.5 Å². The van der Waals surface area contributed by atoms with Crippen LogP contribution >= 0.6 is 50.7 Å². The lowest BCUT2D eigenvalue weighted by atomic mass is 9.56. The summed E-state index contributed by atoms with van der Waals surface area (Å²) in [7, 11) is 2.71. The van der Waals surface area contributed by atoms with E-state index in [2.05, 4.69) is 15.9 Å². The first-order valence-corrected chi connectivity index (χ1v) is 14.4. The number of phenolic OH excluding ortho intramolecular Hbond substituents is 1. The Labute approximate surface area is 252 Å². The van der Waals surface area contributed by atoms with Gasteiger partial charge < -0.3 is 9.84 Å². The normalized spacial score (nSPS) is 33.1. The molecule has 2 aliphatic heterocycles. The second-order valence-corrected chi connectivity index (χ2v) is 13.1. The molecule has 2 aromatic rings. The highest BCUT2D eigenvalue weighted by molar-refractivity contribution is 9.10. The lowest BCUT2D eigenvalue weighted by molar-refractivity contribution is -0.138. The lowest BCUT2D eigenvalue weighted by Crippen LogP contribution is -2.60. The van der Waals surface area contributed by atoms with Gasteiger partial charge in [-0.05, 0) is 76.7 Å². The maximum atomic E-state index is 14.0. The van der Waals surface area contributed by atoms with Gasteiger partial charge in [-0.3, -0.25) is 29.0 Å². The molecule has 1 saturated carbocycles. The average molecular weight is 669 g/mol. The van der Waals surface area contributed by atoms with E-state index in [1.54, 1.807) is 36.4 Å². The summed E-state index contributed by atoms with van der Waals surface area (Å²) in [6.07, 6.45) is 1.97. The number of likely N-dealkylation sites (tertiary alicyclic amines) is 1. The van der Waals surface area contributed by atoms with Crippen LogP contribution in [0.5, 0.6) is 11.5 Å². The van der Waals surface area contributed by atoms with Crippen LogP contribution in [0, 0.1) is 17.8 Å². The maximum absolute atomic E-state index is 14.0. The zero-order chi connectivity index (χ0) is 28.9. The SMILES string of the molecule is COc1cc([C@H]2C3=CC[C@@H]4C(=O)N(c5ccc(Cl)cc5)C(=O)[C@@H]4[C@@H]3C[C@@]3(Cl)C(=O)N(C)C(=O)[C@@]23Cl)cc(Br)c1O. The fraction of sp³-hybridized carbons (Fsp3) is 0.357. The van der Waals surface area contributed by atoms with Crippen LogP contribution in [0.3, 0.4) is 0 Å². The van der Waals surface area contributed by atoms with Crippen LogP contribution in [0.1, 0.15) is 24.3 Å². The van der Waals surface area contributed by atoms with E-state index < -0.39 is 51.1 Å². The Morgan fingerprint density at radius 1 is 1.02 bits per heavy atom. The number of hydrogen-bond acceptors (Lipinski definition) is 6. The van der Waals surface area contributed by atoms with Crippen LogP contribution in [0.15, 0.2) is 52.5 Å². The van der Waals surface area contributed by atoms with Crippen molar-refractivity contribution in [2.24, 2.45) is 17.8 Å². The molecule has 1 N–H and O–H groups in total. The highest BCUT2D eigenvalue weighted by Gasteiger charge is 2.76. The number of phenols is 1. The zero-order valence-corrected chi connectivity index (χ0v) is 25.0. The molecule has 12 heteroatoms. The van der Waals surface area contributed by atoms with Gasteiger partial charge in [-0.15, -0.1) is 23.2 Å². The van der Waals surface area contributed by atoms with Gasteiger partial charge in [0.05, 0.1) is 29.1 Å². The van der Waals surface area contributed by atoms with Crippen molar-refractivity contribution in [3.8, 4) is 11.5 Å². The number of fused-ring (bicyclic) bond motifs is 4. The van der Waals surface area contributed by atoms with Crippen molar-refractivity contribution >= 4 is 80.0 Å². The van der Waals surface area contributed by atoms with Crippen LogP contribution in [-0.4, -0.2) is 57.5 Å². The molecule has 8 nitrogen and oxygen atoms in total. The van der Waals surface area contributed by atoms with E-state index in [1.165, 1.54) is 14.2 Å². The minimum absolute atomic E-state index is 0.111. The third-order valence-corrected chi connectivity index (χ3v) is 11.0. The number of hydrogen-bond donors (Lipinski definition) is 1. The van der Waals surface area contributed by atoms with E-state index in [1.807, 2.05) is 6.08 Å². The number of alkyl halides is 2. The van der Waals surface area contributed by atoms with E-state index in [9.17, 15) is 24.3 Å². The number of amides is 4. The number of benzene rings is 2. The summed E-state index contributed by atoms with van der Waals surface area (Å²) in [5.74, 6) is -5.26. The van der Waals surface area contributed by atoms with Gasteiger partial charge in [0.25, 0.3) is 11.8 Å². The monoisotopic (exact) mass is 666 g/mol. The van der Waals surface area contributed by atoms with Crippen LogP contribution in [0.25, 0.3) is 0 Å². The predicted octanol–water partition coefficient (Wildman–Crippen LogP) is 5.01. The van der Waals surface area contributed by atoms with Crippen LogP contribution in [0.2, 0.25) is 5.02 Å². The van der Waals surface area contributed by atoms with Gasteiger partial charge >= 0.3 is 0 Å². The van der Waals surface area contributed by atoms with E-state index in [0.29, 0.717) is 21.8 Å². The summed E-state index contributed by atoms with van der Waals surface area (Å²) in [6, 6.07) is 9.55. The Hall–Kier alpha value is -2.59. The molecule has 0 aromatic heterocycles. The fourth-order valence-corrected chi connectivity index (χ4v) is 8.48. The Balaban J connectivity index is 1.53. The van der Waals surface area contributed by atoms with E-state index in [-0.39, 0.29) is 34.7 Å². The van der Waals surface area contributed by atoms with Gasteiger partial charge in [-0.2, -0.15) is 0 Å². The van der Waals surface area contributed by atoms with Gasteiger partial charge in [-0.25, -0.2) is 0 Å². The Kier molecular flexibility index (Phi) is 6.35. The van der Waals surface area contributed by atoms with Crippen molar-refractivity contribution in [1.29, 1.82) is 0 Å². The van der Waals surface area contributed by atoms with E-state index in [0.717, 1.165) is 9.80 Å². The van der Waals surface area contributed by atoms with Crippen LogP contribution < -0.4 is 9.64 Å². The van der Waals surface area contributed by atoms with Crippen LogP contribution in [0.4, 0.5) is 5.69 Å². The molecule has 2 aliphatic carbocycles. The minimum Gasteiger partial charge on any atom is -0.503 e. The number of halogens is 4. The number of carbonyl (C=O) groups is 4. The molecule has 2 aromatic carbocycles. The summed E-state index contributed by atoms with van der Waals surface area (Å²) in [5.41, 5.74) is 1.50. The van der Waals surface area contributed by atoms with Crippen molar-refractivity contribution in [1.82, 2.24) is 4.90 Å². The second-order valence-electron chi connectivity index (χ2n) is 10.5. The molecule has 2 saturated heterocycles. The highest BCUT2D eigenvalue weighted by Crippen LogP contribution is 2.65. The number of ether oxygens (including phenoxy) is 1. The summed E-state index contributed by atoms with van der Waals surface area (Å²) in [4.78, 5) is 53.0. The number of rotatable bonds is 3. The third kappa shape index (κ3) is 3.44. The molecule has 4 aliphatic rings. The molecule has 2 heterocycles. The van der Waals surface area contributed by atoms with E-state index >= 15 is 0 Å². The number of methoxy groups -OCH3 is 1. The molecule has 40 heavy (non-hydrogen) atoms. The summed E-state index contributed by atoms with van der Waals surface area (Å²) in [5, 5.41) is 10.9. The molecule has 4 amide bonds. The number of imide groups is 2. The van der Waals surface area contributed by atoms with Crippen molar-refractivity contribution in [3.63, 3.8) is 0 Å². The predicted molar refractivity (Wildman–Crippen MR) is 152 cm³/mol. The van der Waals surface area contributed by atoms with Crippen molar-refractivity contribution in [2.75, 3.05) is 19.1 Å². The van der Waals surface area contributed by atoms with Crippen molar-refractivity contribution in [3.05, 3.63) is 63.1 Å². The Morgan fingerprint density at radius 2 is 1.70 bits per heavy atom. The van der Waals surface area contributed by atoms with Gasteiger partial charge in [0.1, 0.15) is 0 Å². The number of allylic oxidation sites excluding steroid dienone is 2. The zero-order valence-electron chi connectivity index (χ0n) is 21.2. The highest BCUT2D eigenvalue weighted by atomic mass is 79.9. The quantitative estimate of drug-likeness (QED) is 0.280. The summed E-state index contributed by atoms with van der Waals surface area (Å²) >= 11 is 23.7. The number of aromatic hydroxyl groups is 1. The molecule has 0 bridgehead atoms. The van der Waals surface area contributed by atoms with Gasteiger partial charge in [0.2, 0.25) is 11.8 Å². The standard InChI is InChI=1S/C28H22BrCl3N2O6/c1-33-25(38)27(31)11-17-15(21(28(27,32)26(33)39)12-9-18(29)22(35)19(10-12)40-2)7-8-16-20(17)24(37)34(23(16)36)14-5-3-13(30)4-6-14/h3-7,9-10,16-17,20-21,35H,8,11H2,1-2H3/t16-,17+,20-,21-,27+,28-/m0/s1. The topological polar surface area (TPSA) is 104 Å². The first kappa shape index (κ1) is 27.6. The largest absolute Gasteiger partial charge is 0.503 e. The number of nitrogens with zero attached hydrogens (tertiary/aromatic N) is 2.